The van der Waals surface area contributed by atoms with Gasteiger partial charge < -0.3 is 0 Å². The zero-order valence-electron chi connectivity index (χ0n) is 15.1. The largest absolute Gasteiger partial charge is 0.298 e. The number of nitrogens with one attached hydrogen (secondary N) is 1. The van der Waals surface area contributed by atoms with Gasteiger partial charge in [-0.15, -0.1) is 11.3 Å². The third-order valence-corrected chi connectivity index (χ3v) is 6.55. The van der Waals surface area contributed by atoms with Crippen LogP contribution in [-0.4, -0.2) is 37.7 Å². The summed E-state index contributed by atoms with van der Waals surface area (Å²) in [6.07, 6.45) is 0. The standard InChI is InChI=1S/C19H19N3O3S2/c1-13-4-6-15(7-5-13)18(23)21-19-20-17(12-26-19)14-8-10-16(11-9-14)27(24,25)22(2)3/h4-12H,1-3H3,(H,20,21,23). The number of sulfonamides is 1. The van der Waals surface area contributed by atoms with Crippen LogP contribution in [0.5, 0.6) is 0 Å². The van der Waals surface area contributed by atoms with E-state index in [2.05, 4.69) is 10.3 Å². The molecule has 140 valence electrons. The molecule has 1 N–H and O–H groups in total. The molecule has 27 heavy (non-hydrogen) atoms. The van der Waals surface area contributed by atoms with E-state index in [-0.39, 0.29) is 10.8 Å². The third-order valence-electron chi connectivity index (χ3n) is 3.97. The Morgan fingerprint density at radius 2 is 1.67 bits per heavy atom. The number of nitrogens with zero attached hydrogens (tertiary/aromatic N) is 2. The molecule has 6 nitrogen and oxygen atoms in total. The van der Waals surface area contributed by atoms with Crippen molar-refractivity contribution < 1.29 is 13.2 Å². The minimum absolute atomic E-state index is 0.219. The Morgan fingerprint density at radius 1 is 1.04 bits per heavy atom. The number of aromatic nitrogens is 1. The highest BCUT2D eigenvalue weighted by atomic mass is 32.2. The molecule has 3 aromatic rings. The van der Waals surface area contributed by atoms with Gasteiger partial charge >= 0.3 is 0 Å². The summed E-state index contributed by atoms with van der Waals surface area (Å²) in [5.74, 6) is -0.219. The number of amides is 1. The summed E-state index contributed by atoms with van der Waals surface area (Å²) in [5, 5.41) is 5.09. The van der Waals surface area contributed by atoms with Crippen molar-refractivity contribution in [2.45, 2.75) is 11.8 Å². The first-order valence-electron chi connectivity index (χ1n) is 8.14. The first-order valence-corrected chi connectivity index (χ1v) is 10.5. The molecule has 0 fully saturated rings. The van der Waals surface area contributed by atoms with Crippen LogP contribution in [-0.2, 0) is 10.0 Å². The molecular formula is C19H19N3O3S2. The van der Waals surface area contributed by atoms with E-state index in [0.717, 1.165) is 11.1 Å². The van der Waals surface area contributed by atoms with E-state index in [1.165, 1.54) is 29.7 Å². The maximum absolute atomic E-state index is 12.3. The molecule has 0 aliphatic heterocycles. The highest BCUT2D eigenvalue weighted by Gasteiger charge is 2.17. The molecule has 0 saturated heterocycles. The second kappa shape index (κ2) is 7.59. The monoisotopic (exact) mass is 401 g/mol. The SMILES string of the molecule is Cc1ccc(C(=O)Nc2nc(-c3ccc(S(=O)(=O)N(C)C)cc3)cs2)cc1. The van der Waals surface area contributed by atoms with E-state index >= 15 is 0 Å². The first kappa shape index (κ1) is 19.2. The minimum Gasteiger partial charge on any atom is -0.298 e. The highest BCUT2D eigenvalue weighted by molar-refractivity contribution is 7.89. The Balaban J connectivity index is 1.76. The van der Waals surface area contributed by atoms with Gasteiger partial charge in [-0.1, -0.05) is 29.8 Å². The molecule has 1 aromatic heterocycles. The lowest BCUT2D eigenvalue weighted by atomic mass is 10.1. The van der Waals surface area contributed by atoms with Crippen molar-refractivity contribution in [2.75, 3.05) is 19.4 Å². The Bertz CT molecular complexity index is 1050. The van der Waals surface area contributed by atoms with Crippen molar-refractivity contribution in [3.05, 3.63) is 65.0 Å². The van der Waals surface area contributed by atoms with Crippen LogP contribution in [0, 0.1) is 6.92 Å². The molecule has 0 aliphatic rings. The average Bonchev–Trinajstić information content (AvgIpc) is 3.10. The maximum atomic E-state index is 12.3. The van der Waals surface area contributed by atoms with Gasteiger partial charge in [-0.2, -0.15) is 0 Å². The molecule has 0 radical (unpaired) electrons. The zero-order chi connectivity index (χ0) is 19.6. The van der Waals surface area contributed by atoms with Gasteiger partial charge in [0.15, 0.2) is 5.13 Å². The lowest BCUT2D eigenvalue weighted by molar-refractivity contribution is 0.102. The second-order valence-electron chi connectivity index (χ2n) is 6.17. The number of hydrogen-bond acceptors (Lipinski definition) is 5. The van der Waals surface area contributed by atoms with Crippen LogP contribution in [0.1, 0.15) is 15.9 Å². The Labute approximate surface area is 162 Å². The Hall–Kier alpha value is -2.55. The number of thiazole rings is 1. The molecule has 2 aromatic carbocycles. The van der Waals surface area contributed by atoms with E-state index in [1.807, 2.05) is 24.4 Å². The summed E-state index contributed by atoms with van der Waals surface area (Å²) in [5.41, 5.74) is 3.10. The van der Waals surface area contributed by atoms with Crippen molar-refractivity contribution in [3.8, 4) is 11.3 Å². The summed E-state index contributed by atoms with van der Waals surface area (Å²) in [6.45, 7) is 1.96. The Kier molecular flexibility index (Phi) is 5.41. The average molecular weight is 402 g/mol. The van der Waals surface area contributed by atoms with Gasteiger partial charge in [0.25, 0.3) is 5.91 Å². The van der Waals surface area contributed by atoms with Gasteiger partial charge in [-0.25, -0.2) is 17.7 Å². The molecule has 1 heterocycles. The molecule has 0 bridgehead atoms. The number of carbonyl (C=O) groups excluding carboxylic acids is 1. The number of aryl methyl sites for hydroxylation is 1. The predicted octanol–water partition coefficient (Wildman–Crippen LogP) is 3.62. The second-order valence-corrected chi connectivity index (χ2v) is 9.18. The van der Waals surface area contributed by atoms with Gasteiger partial charge in [0.1, 0.15) is 0 Å². The molecule has 8 heteroatoms. The normalized spacial score (nSPS) is 11.6. The number of anilines is 1. The summed E-state index contributed by atoms with van der Waals surface area (Å²) in [6, 6.07) is 13.8. The fourth-order valence-corrected chi connectivity index (χ4v) is 3.96. The topological polar surface area (TPSA) is 79.4 Å². The van der Waals surface area contributed by atoms with Crippen LogP contribution >= 0.6 is 11.3 Å². The molecular weight excluding hydrogens is 382 g/mol. The van der Waals surface area contributed by atoms with Crippen LogP contribution in [0.3, 0.4) is 0 Å². The summed E-state index contributed by atoms with van der Waals surface area (Å²) < 4.78 is 25.4. The smallest absolute Gasteiger partial charge is 0.257 e. The van der Waals surface area contributed by atoms with Gasteiger partial charge in [0, 0.05) is 30.6 Å². The van der Waals surface area contributed by atoms with E-state index in [9.17, 15) is 13.2 Å². The highest BCUT2D eigenvalue weighted by Crippen LogP contribution is 2.26. The minimum atomic E-state index is -3.46. The fraction of sp³-hybridized carbons (Fsp3) is 0.158. The van der Waals surface area contributed by atoms with Crippen LogP contribution < -0.4 is 5.32 Å². The van der Waals surface area contributed by atoms with Crippen LogP contribution in [0.15, 0.2) is 58.8 Å². The van der Waals surface area contributed by atoms with Crippen LogP contribution in [0.25, 0.3) is 11.3 Å². The predicted molar refractivity (Wildman–Crippen MR) is 108 cm³/mol. The molecule has 1 amide bonds. The van der Waals surface area contributed by atoms with Crippen molar-refractivity contribution in [2.24, 2.45) is 0 Å². The number of hydrogen-bond donors (Lipinski definition) is 1. The van der Waals surface area contributed by atoms with Crippen molar-refractivity contribution in [1.82, 2.24) is 9.29 Å². The summed E-state index contributed by atoms with van der Waals surface area (Å²) in [7, 11) is -0.476. The molecule has 0 spiro atoms. The van der Waals surface area contributed by atoms with Crippen molar-refractivity contribution in [3.63, 3.8) is 0 Å². The van der Waals surface area contributed by atoms with Gasteiger partial charge in [-0.05, 0) is 31.2 Å². The maximum Gasteiger partial charge on any atom is 0.257 e. The van der Waals surface area contributed by atoms with E-state index in [0.29, 0.717) is 16.4 Å². The quantitative estimate of drug-likeness (QED) is 0.708. The van der Waals surface area contributed by atoms with Crippen molar-refractivity contribution in [1.29, 1.82) is 0 Å². The van der Waals surface area contributed by atoms with Crippen LogP contribution in [0.4, 0.5) is 5.13 Å². The fourth-order valence-electron chi connectivity index (χ4n) is 2.35. The van der Waals surface area contributed by atoms with Gasteiger partial charge in [-0.3, -0.25) is 10.1 Å². The molecule has 0 atom stereocenters. The number of rotatable bonds is 5. The first-order chi connectivity index (χ1) is 12.8. The van der Waals surface area contributed by atoms with Crippen molar-refractivity contribution >= 4 is 32.4 Å². The van der Waals surface area contributed by atoms with E-state index in [1.54, 1.807) is 36.4 Å². The number of carbonyl (C=O) groups is 1. The van der Waals surface area contributed by atoms with Gasteiger partial charge in [0.2, 0.25) is 10.0 Å². The molecule has 3 rings (SSSR count). The van der Waals surface area contributed by atoms with E-state index in [4.69, 9.17) is 0 Å². The number of benzene rings is 2. The van der Waals surface area contributed by atoms with Crippen LogP contribution in [0.2, 0.25) is 0 Å². The molecule has 0 aliphatic carbocycles. The van der Waals surface area contributed by atoms with E-state index < -0.39 is 10.0 Å². The zero-order valence-corrected chi connectivity index (χ0v) is 16.8. The lowest BCUT2D eigenvalue weighted by Gasteiger charge is -2.11. The molecule has 0 unspecified atom stereocenters. The summed E-state index contributed by atoms with van der Waals surface area (Å²) >= 11 is 1.32. The lowest BCUT2D eigenvalue weighted by Crippen LogP contribution is -2.22. The van der Waals surface area contributed by atoms with Gasteiger partial charge in [0.05, 0.1) is 10.6 Å². The molecule has 0 saturated carbocycles. The summed E-state index contributed by atoms with van der Waals surface area (Å²) in [4.78, 5) is 16.9. The third kappa shape index (κ3) is 4.24. The Morgan fingerprint density at radius 3 is 2.26 bits per heavy atom.